The van der Waals surface area contributed by atoms with Crippen molar-refractivity contribution in [1.29, 1.82) is 0 Å². The van der Waals surface area contributed by atoms with E-state index < -0.39 is 53.7 Å². The van der Waals surface area contributed by atoms with E-state index in [-0.39, 0.29) is 18.7 Å². The van der Waals surface area contributed by atoms with Gasteiger partial charge < -0.3 is 9.47 Å². The second-order valence-corrected chi connectivity index (χ2v) is 15.9. The number of hydrogen-bond donors (Lipinski definition) is 1. The number of benzene rings is 1. The minimum absolute atomic E-state index is 0.119. The predicted octanol–water partition coefficient (Wildman–Crippen LogP) is 5.35. The molecule has 0 bridgehead atoms. The summed E-state index contributed by atoms with van der Waals surface area (Å²) in [4.78, 5) is 16.3. The third-order valence-corrected chi connectivity index (χ3v) is 8.49. The molecule has 1 heterocycles. The number of carbonyl (C=O) groups excluding carboxylic acids is 1. The fourth-order valence-electron chi connectivity index (χ4n) is 3.62. The van der Waals surface area contributed by atoms with Crippen LogP contribution >= 0.6 is 11.8 Å². The van der Waals surface area contributed by atoms with Crippen molar-refractivity contribution in [2.45, 2.75) is 55.7 Å². The number of alkyl halides is 2. The number of alkyl carbamates (subject to hydrolysis) is 1. The Labute approximate surface area is 184 Å². The molecule has 5 nitrogen and oxygen atoms in total. The number of ether oxygens (including phenoxy) is 2. The van der Waals surface area contributed by atoms with Gasteiger partial charge in [0.05, 0.1) is 5.54 Å². The van der Waals surface area contributed by atoms with Crippen LogP contribution in [0.15, 0.2) is 23.2 Å². The molecule has 3 rings (SSSR count). The normalized spacial score (nSPS) is 30.1. The molecule has 31 heavy (non-hydrogen) atoms. The summed E-state index contributed by atoms with van der Waals surface area (Å²) in [6.07, 6.45) is -3.01. The Morgan fingerprint density at radius 2 is 2.06 bits per heavy atom. The van der Waals surface area contributed by atoms with Crippen LogP contribution in [0.3, 0.4) is 0 Å². The summed E-state index contributed by atoms with van der Waals surface area (Å²) in [5, 5.41) is -0.552. The zero-order chi connectivity index (χ0) is 23.0. The van der Waals surface area contributed by atoms with E-state index in [2.05, 4.69) is 30.0 Å². The van der Waals surface area contributed by atoms with Crippen molar-refractivity contribution in [3.63, 3.8) is 0 Å². The summed E-state index contributed by atoms with van der Waals surface area (Å²) >= 11 is 0.348. The van der Waals surface area contributed by atoms with Crippen molar-refractivity contribution < 1.29 is 31.8 Å². The lowest BCUT2D eigenvalue weighted by Crippen LogP contribution is -2.62. The third kappa shape index (κ3) is 4.93. The zero-order valence-electron chi connectivity index (χ0n) is 17.8. The van der Waals surface area contributed by atoms with Gasteiger partial charge in [0.25, 0.3) is 5.23 Å². The first-order valence-electron chi connectivity index (χ1n) is 9.96. The van der Waals surface area contributed by atoms with Gasteiger partial charge in [-0.05, 0) is 37.2 Å². The Balaban J connectivity index is 1.73. The second kappa shape index (κ2) is 8.74. The van der Waals surface area contributed by atoms with Crippen LogP contribution < -0.4 is 5.32 Å². The maximum absolute atomic E-state index is 15.4. The average Bonchev–Trinajstić information content (AvgIpc) is 2.65. The van der Waals surface area contributed by atoms with Crippen LogP contribution in [-0.2, 0) is 15.0 Å². The molecular weight excluding hydrogens is 452 g/mol. The number of rotatable bonds is 6. The Kier molecular flexibility index (Phi) is 6.78. The summed E-state index contributed by atoms with van der Waals surface area (Å²) in [7, 11) is -1.28. The highest BCUT2D eigenvalue weighted by molar-refractivity contribution is 8.14. The SMILES string of the molecule is C[C@]1(c2cccc(F)c2F)N=C(OC(=O)NCOCC[Si](C)(C)C)S[C@]2(F)[C@H]1C[C@@H]2F. The molecule has 1 aromatic carbocycles. The molecule has 1 aromatic rings. The van der Waals surface area contributed by atoms with Crippen molar-refractivity contribution in [2.75, 3.05) is 13.3 Å². The number of amides is 1. The van der Waals surface area contributed by atoms with Gasteiger partial charge >= 0.3 is 6.09 Å². The van der Waals surface area contributed by atoms with Crippen LogP contribution in [0, 0.1) is 17.6 Å². The molecule has 172 valence electrons. The lowest BCUT2D eigenvalue weighted by atomic mass is 9.65. The lowest BCUT2D eigenvalue weighted by Gasteiger charge is -2.54. The van der Waals surface area contributed by atoms with E-state index in [0.717, 1.165) is 12.1 Å². The van der Waals surface area contributed by atoms with E-state index in [9.17, 15) is 18.0 Å². The number of nitrogens with zero attached hydrogens (tertiary/aromatic N) is 1. The highest BCUT2D eigenvalue weighted by atomic mass is 32.2. The largest absolute Gasteiger partial charge is 0.416 e. The van der Waals surface area contributed by atoms with Gasteiger partial charge in [0.2, 0.25) is 5.00 Å². The number of nitrogens with one attached hydrogen (secondary N) is 1. The van der Waals surface area contributed by atoms with Crippen LogP contribution in [0.1, 0.15) is 18.9 Å². The number of fused-ring (bicyclic) bond motifs is 1. The summed E-state index contributed by atoms with van der Waals surface area (Å²) in [6.45, 7) is 8.30. The van der Waals surface area contributed by atoms with Crippen molar-refractivity contribution >= 4 is 31.2 Å². The summed E-state index contributed by atoms with van der Waals surface area (Å²) in [6, 6.07) is 4.38. The van der Waals surface area contributed by atoms with Crippen LogP contribution in [0.5, 0.6) is 0 Å². The molecule has 2 aliphatic rings. The molecule has 1 N–H and O–H groups in total. The fourth-order valence-corrected chi connectivity index (χ4v) is 5.69. The quantitative estimate of drug-likeness (QED) is 0.259. The number of thioether (sulfide) groups is 1. The molecule has 1 aliphatic heterocycles. The van der Waals surface area contributed by atoms with E-state index in [1.54, 1.807) is 0 Å². The molecule has 0 saturated heterocycles. The first-order chi connectivity index (χ1) is 14.4. The topological polar surface area (TPSA) is 59.9 Å². The average molecular weight is 479 g/mol. The van der Waals surface area contributed by atoms with Gasteiger partial charge in [-0.25, -0.2) is 27.3 Å². The Hall–Kier alpha value is -1.59. The number of carbonyl (C=O) groups is 1. The van der Waals surface area contributed by atoms with Crippen LogP contribution in [0.2, 0.25) is 25.7 Å². The van der Waals surface area contributed by atoms with Gasteiger partial charge in [0.15, 0.2) is 11.6 Å². The summed E-state index contributed by atoms with van der Waals surface area (Å²) in [5.74, 6) is -3.36. The van der Waals surface area contributed by atoms with Crippen molar-refractivity contribution in [3.05, 3.63) is 35.4 Å². The minimum Gasteiger partial charge on any atom is -0.385 e. The molecule has 0 aromatic heterocycles. The van der Waals surface area contributed by atoms with Crippen molar-refractivity contribution in [1.82, 2.24) is 5.32 Å². The first-order valence-corrected chi connectivity index (χ1v) is 14.5. The molecule has 1 fully saturated rings. The molecule has 0 unspecified atom stereocenters. The highest BCUT2D eigenvalue weighted by Crippen LogP contribution is 2.63. The Bertz CT molecular complexity index is 884. The highest BCUT2D eigenvalue weighted by Gasteiger charge is 2.68. The summed E-state index contributed by atoms with van der Waals surface area (Å²) < 4.78 is 68.3. The molecule has 0 spiro atoms. The maximum Gasteiger partial charge on any atom is 0.416 e. The maximum atomic E-state index is 15.4. The molecule has 1 amide bonds. The van der Waals surface area contributed by atoms with Crippen molar-refractivity contribution in [2.24, 2.45) is 10.9 Å². The van der Waals surface area contributed by atoms with E-state index >= 15 is 4.39 Å². The second-order valence-electron chi connectivity index (χ2n) is 9.11. The molecule has 1 saturated carbocycles. The van der Waals surface area contributed by atoms with E-state index in [1.807, 2.05) is 0 Å². The van der Waals surface area contributed by atoms with Gasteiger partial charge in [0.1, 0.15) is 12.9 Å². The summed E-state index contributed by atoms with van der Waals surface area (Å²) in [5.41, 5.74) is -1.86. The van der Waals surface area contributed by atoms with Crippen LogP contribution in [-0.4, -0.2) is 43.9 Å². The zero-order valence-corrected chi connectivity index (χ0v) is 19.6. The van der Waals surface area contributed by atoms with Crippen LogP contribution in [0.25, 0.3) is 0 Å². The standard InChI is InChI=1S/C20H26F4N2O3SSi/c1-19(12-6-5-7-13(21)16(12)23)14-10-15(22)20(14,24)30-18(26-19)29-17(27)25-11-28-8-9-31(2,3)4/h5-7,14-15H,8-11H2,1-4H3,(H,25,27)/t14-,15-,19+,20+/m0/s1. The molecule has 0 radical (unpaired) electrons. The molecular formula is C20H26F4N2O3SSi. The minimum atomic E-state index is -2.46. The smallest absolute Gasteiger partial charge is 0.385 e. The van der Waals surface area contributed by atoms with Gasteiger partial charge in [-0.3, -0.25) is 5.32 Å². The predicted molar refractivity (Wildman–Crippen MR) is 114 cm³/mol. The van der Waals surface area contributed by atoms with E-state index in [0.29, 0.717) is 18.4 Å². The van der Waals surface area contributed by atoms with Crippen LogP contribution in [0.4, 0.5) is 22.4 Å². The fraction of sp³-hybridized carbons (Fsp3) is 0.600. The van der Waals surface area contributed by atoms with Gasteiger partial charge in [0, 0.05) is 26.2 Å². The van der Waals surface area contributed by atoms with E-state index in [4.69, 9.17) is 9.47 Å². The third-order valence-electron chi connectivity index (χ3n) is 5.58. The molecule has 4 atom stereocenters. The van der Waals surface area contributed by atoms with Gasteiger partial charge in [-0.1, -0.05) is 31.8 Å². The monoisotopic (exact) mass is 478 g/mol. The lowest BCUT2D eigenvalue weighted by molar-refractivity contribution is -0.0659. The van der Waals surface area contributed by atoms with Crippen molar-refractivity contribution in [3.8, 4) is 0 Å². The van der Waals surface area contributed by atoms with E-state index in [1.165, 1.54) is 19.1 Å². The van der Waals surface area contributed by atoms with Gasteiger partial charge in [-0.2, -0.15) is 0 Å². The number of aliphatic imine (C=N–C) groups is 1. The first kappa shape index (κ1) is 24.1. The Morgan fingerprint density at radius 3 is 2.71 bits per heavy atom. The Morgan fingerprint density at radius 1 is 1.35 bits per heavy atom. The van der Waals surface area contributed by atoms with Gasteiger partial charge in [-0.15, -0.1) is 0 Å². The molecule has 11 heteroatoms. The number of halogens is 4. The molecule has 1 aliphatic carbocycles. The number of hydrogen-bond acceptors (Lipinski definition) is 5.